The van der Waals surface area contributed by atoms with E-state index >= 15 is 0 Å². The van der Waals surface area contributed by atoms with E-state index in [0.29, 0.717) is 33.6 Å². The summed E-state index contributed by atoms with van der Waals surface area (Å²) in [6.45, 7) is 1.87. The smallest absolute Gasteiger partial charge is 0.262 e. The lowest BCUT2D eigenvalue weighted by Gasteiger charge is -2.13. The summed E-state index contributed by atoms with van der Waals surface area (Å²) >= 11 is 0. The number of aryl methyl sites for hydroxylation is 1. The number of methoxy groups -OCH3 is 1. The highest BCUT2D eigenvalue weighted by molar-refractivity contribution is 6.12. The van der Waals surface area contributed by atoms with Gasteiger partial charge in [-0.3, -0.25) is 14.2 Å². The quantitative estimate of drug-likeness (QED) is 0.577. The van der Waals surface area contributed by atoms with Crippen LogP contribution in [-0.2, 0) is 0 Å². The first kappa shape index (κ1) is 18.4. The molecule has 0 aliphatic carbocycles. The number of aromatic nitrogens is 2. The van der Waals surface area contributed by atoms with Gasteiger partial charge in [-0.1, -0.05) is 30.3 Å². The van der Waals surface area contributed by atoms with Crippen molar-refractivity contribution in [1.82, 2.24) is 9.55 Å². The molecule has 0 spiro atoms. The number of nitrogens with one attached hydrogen (secondary N) is 1. The summed E-state index contributed by atoms with van der Waals surface area (Å²) in [4.78, 5) is 30.4. The number of rotatable bonds is 4. The fourth-order valence-corrected chi connectivity index (χ4v) is 3.22. The van der Waals surface area contributed by atoms with Gasteiger partial charge >= 0.3 is 0 Å². The van der Waals surface area contributed by atoms with E-state index in [1.807, 2.05) is 19.1 Å². The summed E-state index contributed by atoms with van der Waals surface area (Å²) in [5, 5.41) is 3.89. The predicted molar refractivity (Wildman–Crippen MR) is 113 cm³/mol. The van der Waals surface area contributed by atoms with Crippen LogP contribution in [0.4, 0.5) is 5.82 Å². The van der Waals surface area contributed by atoms with Crippen molar-refractivity contribution >= 4 is 22.5 Å². The first-order chi connectivity index (χ1) is 14.1. The first-order valence-electron chi connectivity index (χ1n) is 9.10. The van der Waals surface area contributed by atoms with Crippen molar-refractivity contribution in [3.8, 4) is 11.4 Å². The summed E-state index contributed by atoms with van der Waals surface area (Å²) in [6.07, 6.45) is 3.19. The van der Waals surface area contributed by atoms with Crippen molar-refractivity contribution in [2.75, 3.05) is 12.4 Å². The monoisotopic (exact) mass is 385 g/mol. The average molecular weight is 385 g/mol. The number of carbonyl (C=O) groups excluding carboxylic acids is 1. The Balaban J connectivity index is 1.89. The van der Waals surface area contributed by atoms with Gasteiger partial charge in [0.1, 0.15) is 11.6 Å². The Bertz CT molecular complexity index is 1280. The van der Waals surface area contributed by atoms with Gasteiger partial charge in [-0.05, 0) is 36.8 Å². The lowest BCUT2D eigenvalue weighted by atomic mass is 10.1. The number of ether oxygens (including phenoxy) is 1. The number of hydrogen-bond donors (Lipinski definition) is 1. The van der Waals surface area contributed by atoms with Crippen LogP contribution in [0.2, 0.25) is 0 Å². The highest BCUT2D eigenvalue weighted by Gasteiger charge is 2.17. The Morgan fingerprint density at radius 1 is 1.03 bits per heavy atom. The highest BCUT2D eigenvalue weighted by atomic mass is 16.5. The molecule has 2 aromatic carbocycles. The molecule has 0 radical (unpaired) electrons. The number of amides is 1. The second-order valence-corrected chi connectivity index (χ2v) is 6.59. The third-order valence-corrected chi connectivity index (χ3v) is 4.74. The molecule has 1 N–H and O–H groups in total. The average Bonchev–Trinajstić information content (AvgIpc) is 2.76. The maximum Gasteiger partial charge on any atom is 0.262 e. The van der Waals surface area contributed by atoms with E-state index in [1.54, 1.807) is 68.0 Å². The fourth-order valence-electron chi connectivity index (χ4n) is 3.22. The summed E-state index contributed by atoms with van der Waals surface area (Å²) in [6, 6.07) is 17.9. The number of anilines is 1. The third kappa shape index (κ3) is 3.48. The second-order valence-electron chi connectivity index (χ2n) is 6.59. The Hall–Kier alpha value is -3.93. The Morgan fingerprint density at radius 3 is 2.59 bits per heavy atom. The molecule has 0 saturated heterocycles. The number of nitrogens with zero attached hydrogens (tertiary/aromatic N) is 2. The van der Waals surface area contributed by atoms with Crippen LogP contribution in [-0.4, -0.2) is 22.6 Å². The minimum absolute atomic E-state index is 0.209. The van der Waals surface area contributed by atoms with E-state index in [4.69, 9.17) is 4.74 Å². The first-order valence-corrected chi connectivity index (χ1v) is 9.10. The molecule has 6 heteroatoms. The van der Waals surface area contributed by atoms with E-state index in [0.717, 1.165) is 5.56 Å². The van der Waals surface area contributed by atoms with E-state index in [-0.39, 0.29) is 11.5 Å². The molecule has 4 rings (SSSR count). The van der Waals surface area contributed by atoms with Crippen molar-refractivity contribution < 1.29 is 9.53 Å². The van der Waals surface area contributed by atoms with Crippen molar-refractivity contribution in [1.29, 1.82) is 0 Å². The van der Waals surface area contributed by atoms with Gasteiger partial charge in [0.2, 0.25) is 0 Å². The molecule has 0 bridgehead atoms. The minimum Gasteiger partial charge on any atom is -0.497 e. The van der Waals surface area contributed by atoms with E-state index < -0.39 is 0 Å². The summed E-state index contributed by atoms with van der Waals surface area (Å²) in [5.41, 5.74) is 1.64. The molecule has 0 aliphatic rings. The van der Waals surface area contributed by atoms with Crippen molar-refractivity contribution in [3.63, 3.8) is 0 Å². The molecule has 2 aromatic heterocycles. The largest absolute Gasteiger partial charge is 0.497 e. The lowest BCUT2D eigenvalue weighted by molar-refractivity contribution is 0.102. The zero-order valence-corrected chi connectivity index (χ0v) is 16.0. The summed E-state index contributed by atoms with van der Waals surface area (Å²) in [7, 11) is 1.57. The Labute approximate surface area is 167 Å². The molecule has 4 aromatic rings. The van der Waals surface area contributed by atoms with Crippen molar-refractivity contribution in [3.05, 3.63) is 94.5 Å². The topological polar surface area (TPSA) is 73.2 Å². The molecule has 0 atom stereocenters. The van der Waals surface area contributed by atoms with Crippen LogP contribution in [0.15, 0.2) is 77.9 Å². The van der Waals surface area contributed by atoms with Crippen LogP contribution in [0.3, 0.4) is 0 Å². The van der Waals surface area contributed by atoms with Gasteiger partial charge in [-0.2, -0.15) is 0 Å². The van der Waals surface area contributed by atoms with Gasteiger partial charge in [-0.25, -0.2) is 4.98 Å². The van der Waals surface area contributed by atoms with Crippen molar-refractivity contribution in [2.24, 2.45) is 0 Å². The van der Waals surface area contributed by atoms with Crippen LogP contribution in [0, 0.1) is 6.92 Å². The summed E-state index contributed by atoms with van der Waals surface area (Å²) in [5.74, 6) is 0.776. The highest BCUT2D eigenvalue weighted by Crippen LogP contribution is 2.21. The van der Waals surface area contributed by atoms with E-state index in [9.17, 15) is 9.59 Å². The third-order valence-electron chi connectivity index (χ3n) is 4.74. The molecular formula is C23H19N3O3. The van der Waals surface area contributed by atoms with Gasteiger partial charge in [0.15, 0.2) is 0 Å². The number of hydrogen-bond acceptors (Lipinski definition) is 4. The van der Waals surface area contributed by atoms with Gasteiger partial charge in [0.05, 0.1) is 18.4 Å². The van der Waals surface area contributed by atoms with Gasteiger partial charge in [0.25, 0.3) is 11.5 Å². The molecule has 0 unspecified atom stereocenters. The number of fused-ring (bicyclic) bond motifs is 1. The molecule has 144 valence electrons. The van der Waals surface area contributed by atoms with E-state index in [2.05, 4.69) is 10.3 Å². The maximum atomic E-state index is 13.1. The Kier molecular flexibility index (Phi) is 4.83. The molecule has 0 aliphatic heterocycles. The number of benzene rings is 2. The predicted octanol–water partition coefficient (Wildman–Crippen LogP) is 3.96. The van der Waals surface area contributed by atoms with Crippen molar-refractivity contribution in [2.45, 2.75) is 6.92 Å². The molecule has 0 fully saturated rings. The van der Waals surface area contributed by atoms with E-state index in [1.165, 1.54) is 4.57 Å². The standard InChI is InChI=1S/C23H19N3O3/c1-15-7-6-12-24-21(15)25-22(27)20-14-26(16-8-5-9-17(13-16)29-2)23(28)19-11-4-3-10-18(19)20/h3-14H,1-2H3,(H,24,25,27). The zero-order valence-electron chi connectivity index (χ0n) is 16.0. The fraction of sp³-hybridized carbons (Fsp3) is 0.0870. The van der Waals surface area contributed by atoms with Gasteiger partial charge in [-0.15, -0.1) is 0 Å². The minimum atomic E-state index is -0.334. The molecular weight excluding hydrogens is 366 g/mol. The molecule has 2 heterocycles. The van der Waals surface area contributed by atoms with Crippen LogP contribution >= 0.6 is 0 Å². The number of carbonyl (C=O) groups is 1. The van der Waals surface area contributed by atoms with Crippen LogP contribution in [0.25, 0.3) is 16.5 Å². The molecule has 6 nitrogen and oxygen atoms in total. The summed E-state index contributed by atoms with van der Waals surface area (Å²) < 4.78 is 6.73. The SMILES string of the molecule is COc1cccc(-n2cc(C(=O)Nc3ncccc3C)c3ccccc3c2=O)c1. The van der Waals surface area contributed by atoms with Gasteiger partial charge in [0, 0.05) is 29.2 Å². The molecule has 1 amide bonds. The van der Waals surface area contributed by atoms with Crippen LogP contribution in [0.5, 0.6) is 5.75 Å². The van der Waals surface area contributed by atoms with Crippen LogP contribution in [0.1, 0.15) is 15.9 Å². The molecule has 0 saturated carbocycles. The van der Waals surface area contributed by atoms with Crippen LogP contribution < -0.4 is 15.6 Å². The van der Waals surface area contributed by atoms with Gasteiger partial charge < -0.3 is 10.1 Å². The lowest BCUT2D eigenvalue weighted by Crippen LogP contribution is -2.23. The normalized spacial score (nSPS) is 10.7. The zero-order chi connectivity index (χ0) is 20.4. The Morgan fingerprint density at radius 2 is 1.83 bits per heavy atom. The second kappa shape index (κ2) is 7.59. The molecule has 29 heavy (non-hydrogen) atoms. The number of pyridine rings is 2. The maximum absolute atomic E-state index is 13.1.